The predicted octanol–water partition coefficient (Wildman–Crippen LogP) is 1.94. The highest BCUT2D eigenvalue weighted by Gasteiger charge is 1.93. The first kappa shape index (κ1) is 4.63. The van der Waals surface area contributed by atoms with E-state index in [1.807, 2.05) is 12.2 Å². The van der Waals surface area contributed by atoms with Gasteiger partial charge in [0.05, 0.1) is 0 Å². The van der Waals surface area contributed by atoms with Crippen LogP contribution in [-0.2, 0) is 0 Å². The molecule has 0 fully saturated rings. The molecule has 0 aromatic carbocycles. The van der Waals surface area contributed by atoms with E-state index in [0.717, 1.165) is 6.42 Å². The minimum atomic E-state index is 0.713. The van der Waals surface area contributed by atoms with Gasteiger partial charge in [0, 0.05) is 0 Å². The van der Waals surface area contributed by atoms with E-state index in [1.165, 1.54) is 0 Å². The maximum atomic E-state index is 3.12. The van der Waals surface area contributed by atoms with Gasteiger partial charge in [-0.05, 0) is 18.4 Å². The van der Waals surface area contributed by atoms with Gasteiger partial charge in [-0.3, -0.25) is 0 Å². The van der Waals surface area contributed by atoms with Gasteiger partial charge < -0.3 is 0 Å². The number of hydrogen-bond donors (Lipinski definition) is 0. The molecule has 0 aliphatic heterocycles. The predicted molar refractivity (Wildman–Crippen MR) is 30.7 cm³/mol. The van der Waals surface area contributed by atoms with E-state index in [1.54, 1.807) is 0 Å². The second kappa shape index (κ2) is 1.97. The molecule has 0 heteroatoms. The van der Waals surface area contributed by atoms with Gasteiger partial charge in [-0.15, -0.1) is 0 Å². The quantitative estimate of drug-likeness (QED) is 0.429. The Labute approximate surface area is 44.5 Å². The number of hydrogen-bond acceptors (Lipinski definition) is 0. The first-order valence-corrected chi connectivity index (χ1v) is 2.63. The van der Waals surface area contributed by atoms with Gasteiger partial charge in [-0.1, -0.05) is 25.2 Å². The molecule has 0 spiro atoms. The molecule has 37 valence electrons. The lowest BCUT2D eigenvalue weighted by Gasteiger charge is -2.01. The van der Waals surface area contributed by atoms with Crippen LogP contribution in [-0.4, -0.2) is 0 Å². The highest BCUT2D eigenvalue weighted by molar-refractivity contribution is 5.06. The molecule has 1 aliphatic rings. The zero-order valence-electron chi connectivity index (χ0n) is 4.52. The molecule has 1 radical (unpaired) electrons. The van der Waals surface area contributed by atoms with Gasteiger partial charge in [-0.2, -0.15) is 0 Å². The summed E-state index contributed by atoms with van der Waals surface area (Å²) in [5, 5.41) is 0. The van der Waals surface area contributed by atoms with Crippen LogP contribution in [0, 0.1) is 12.0 Å². The minimum Gasteiger partial charge on any atom is -0.0814 e. The first-order valence-electron chi connectivity index (χ1n) is 2.63. The molecular weight excluding hydrogens is 84.1 g/mol. The molecule has 0 amide bonds. The zero-order valence-corrected chi connectivity index (χ0v) is 4.52. The zero-order chi connectivity index (χ0) is 5.11. The molecule has 0 aromatic rings. The molecule has 1 rings (SSSR count). The van der Waals surface area contributed by atoms with E-state index in [4.69, 9.17) is 0 Å². The smallest absolute Gasteiger partial charge is 0.0215 e. The van der Waals surface area contributed by atoms with Crippen molar-refractivity contribution >= 4 is 0 Å². The Balaban J connectivity index is 2.49. The molecule has 0 saturated heterocycles. The van der Waals surface area contributed by atoms with E-state index in [9.17, 15) is 0 Å². The summed E-state index contributed by atoms with van der Waals surface area (Å²) in [4.78, 5) is 0. The van der Waals surface area contributed by atoms with Crippen molar-refractivity contribution in [1.29, 1.82) is 0 Å². The van der Waals surface area contributed by atoms with Crippen molar-refractivity contribution in [3.63, 3.8) is 0 Å². The Morgan fingerprint density at radius 3 is 2.86 bits per heavy atom. The molecule has 7 heavy (non-hydrogen) atoms. The van der Waals surface area contributed by atoms with Crippen molar-refractivity contribution in [2.45, 2.75) is 13.3 Å². The minimum absolute atomic E-state index is 0.713. The molecule has 0 saturated carbocycles. The SMILES string of the molecule is CC1C=CC=[C]C1. The van der Waals surface area contributed by atoms with Crippen LogP contribution in [0.4, 0.5) is 0 Å². The van der Waals surface area contributed by atoms with Gasteiger partial charge in [0.1, 0.15) is 0 Å². The lowest BCUT2D eigenvalue weighted by atomic mass is 10.0. The van der Waals surface area contributed by atoms with E-state index in [0.29, 0.717) is 5.92 Å². The Bertz CT molecular complexity index is 98.6. The first-order chi connectivity index (χ1) is 3.39. The number of allylic oxidation sites excluding steroid dienone is 4. The molecule has 1 aliphatic carbocycles. The van der Waals surface area contributed by atoms with Crippen molar-refractivity contribution < 1.29 is 0 Å². The van der Waals surface area contributed by atoms with E-state index in [-0.39, 0.29) is 0 Å². The van der Waals surface area contributed by atoms with Crippen molar-refractivity contribution in [2.24, 2.45) is 5.92 Å². The highest BCUT2D eigenvalue weighted by atomic mass is 14.0. The molecule has 0 heterocycles. The Hall–Kier alpha value is -0.520. The maximum absolute atomic E-state index is 3.12. The Morgan fingerprint density at radius 1 is 1.71 bits per heavy atom. The normalized spacial score (nSPS) is 28.4. The van der Waals surface area contributed by atoms with Gasteiger partial charge in [0.15, 0.2) is 0 Å². The van der Waals surface area contributed by atoms with Crippen LogP contribution < -0.4 is 0 Å². The molecule has 0 N–H and O–H groups in total. The van der Waals surface area contributed by atoms with Crippen molar-refractivity contribution in [2.75, 3.05) is 0 Å². The fraction of sp³-hybridized carbons (Fsp3) is 0.429. The summed E-state index contributed by atoms with van der Waals surface area (Å²) in [6, 6.07) is 0. The third kappa shape index (κ3) is 1.19. The van der Waals surface area contributed by atoms with Gasteiger partial charge in [0.25, 0.3) is 0 Å². The summed E-state index contributed by atoms with van der Waals surface area (Å²) in [7, 11) is 0. The van der Waals surface area contributed by atoms with Crippen LogP contribution in [0.15, 0.2) is 18.2 Å². The average molecular weight is 93.1 g/mol. The third-order valence-electron chi connectivity index (χ3n) is 1.09. The Morgan fingerprint density at radius 2 is 2.57 bits per heavy atom. The van der Waals surface area contributed by atoms with Crippen LogP contribution in [0.2, 0.25) is 0 Å². The lowest BCUT2D eigenvalue weighted by molar-refractivity contribution is 0.724. The monoisotopic (exact) mass is 93.1 g/mol. The van der Waals surface area contributed by atoms with Crippen LogP contribution in [0.1, 0.15) is 13.3 Å². The van der Waals surface area contributed by atoms with Crippen molar-refractivity contribution in [3.05, 3.63) is 24.3 Å². The third-order valence-corrected chi connectivity index (χ3v) is 1.09. The van der Waals surface area contributed by atoms with Crippen LogP contribution in [0.5, 0.6) is 0 Å². The molecule has 0 nitrogen and oxygen atoms in total. The topological polar surface area (TPSA) is 0 Å². The second-order valence-corrected chi connectivity index (χ2v) is 1.94. The van der Waals surface area contributed by atoms with Crippen LogP contribution in [0.3, 0.4) is 0 Å². The maximum Gasteiger partial charge on any atom is -0.0215 e. The fourth-order valence-corrected chi connectivity index (χ4v) is 0.635. The van der Waals surface area contributed by atoms with E-state index >= 15 is 0 Å². The summed E-state index contributed by atoms with van der Waals surface area (Å²) in [5.74, 6) is 0.713. The number of rotatable bonds is 0. The highest BCUT2D eigenvalue weighted by Crippen LogP contribution is 2.07. The lowest BCUT2D eigenvalue weighted by Crippen LogP contribution is -1.88. The van der Waals surface area contributed by atoms with E-state index < -0.39 is 0 Å². The van der Waals surface area contributed by atoms with Gasteiger partial charge in [-0.25, -0.2) is 0 Å². The Kier molecular flexibility index (Phi) is 1.30. The summed E-state index contributed by atoms with van der Waals surface area (Å²) >= 11 is 0. The molecular formula is C7H9. The largest absolute Gasteiger partial charge is 0.0814 e. The molecule has 0 bridgehead atoms. The van der Waals surface area contributed by atoms with Crippen molar-refractivity contribution in [1.82, 2.24) is 0 Å². The second-order valence-electron chi connectivity index (χ2n) is 1.94. The molecule has 1 atom stereocenters. The van der Waals surface area contributed by atoms with Crippen molar-refractivity contribution in [3.8, 4) is 0 Å². The van der Waals surface area contributed by atoms with Crippen LogP contribution in [0.25, 0.3) is 0 Å². The molecule has 1 unspecified atom stereocenters. The van der Waals surface area contributed by atoms with Crippen LogP contribution >= 0.6 is 0 Å². The molecule has 0 aromatic heterocycles. The standard InChI is InChI=1S/C7H9/c1-7-5-3-2-4-6-7/h2-3,5,7H,6H2,1H3. The summed E-state index contributed by atoms with van der Waals surface area (Å²) in [5.41, 5.74) is 0. The average Bonchev–Trinajstić information content (AvgIpc) is 1.69. The van der Waals surface area contributed by atoms with E-state index in [2.05, 4.69) is 19.1 Å². The summed E-state index contributed by atoms with van der Waals surface area (Å²) < 4.78 is 0. The summed E-state index contributed by atoms with van der Waals surface area (Å²) in [6.45, 7) is 2.19. The fourth-order valence-electron chi connectivity index (χ4n) is 0.635. The van der Waals surface area contributed by atoms with Gasteiger partial charge >= 0.3 is 0 Å². The van der Waals surface area contributed by atoms with Gasteiger partial charge in [0.2, 0.25) is 0 Å². The summed E-state index contributed by atoms with van der Waals surface area (Å²) in [6.07, 6.45) is 10.4.